The molecule has 3 N–H and O–H groups in total. The average Bonchev–Trinajstić information content (AvgIpc) is 2.40. The van der Waals surface area contributed by atoms with Gasteiger partial charge in [-0.15, -0.1) is 0 Å². The number of nitrogens with zero attached hydrogens (tertiary/aromatic N) is 2. The highest BCUT2D eigenvalue weighted by Crippen LogP contribution is 2.28. The molecule has 0 saturated carbocycles. The number of hydrogen-bond acceptors (Lipinski definition) is 4. The van der Waals surface area contributed by atoms with Crippen molar-refractivity contribution in [1.82, 2.24) is 14.8 Å². The predicted molar refractivity (Wildman–Crippen MR) is 40.4 cm³/mol. The van der Waals surface area contributed by atoms with Crippen LogP contribution in [0, 0.1) is 0 Å². The molecule has 6 nitrogen and oxygen atoms in total. The van der Waals surface area contributed by atoms with E-state index < -0.39 is 11.7 Å². The minimum absolute atomic E-state index is 0.177. The van der Waals surface area contributed by atoms with Crippen LogP contribution in [0.4, 0.5) is 0 Å². The van der Waals surface area contributed by atoms with Crippen molar-refractivity contribution in [3.05, 3.63) is 16.8 Å². The smallest absolute Gasteiger partial charge is 0.343 e. The molecule has 2 unspecified atom stereocenters. The van der Waals surface area contributed by atoms with E-state index in [0.29, 0.717) is 0 Å². The maximum atomic E-state index is 10.9. The number of hydrogen-bond donors (Lipinski definition) is 2. The van der Waals surface area contributed by atoms with Crippen molar-refractivity contribution in [2.75, 3.05) is 0 Å². The van der Waals surface area contributed by atoms with E-state index in [1.54, 1.807) is 0 Å². The summed E-state index contributed by atoms with van der Waals surface area (Å²) < 4.78 is 6.05. The molecule has 2 atom stereocenters. The quantitative estimate of drug-likeness (QED) is 0.383. The maximum absolute atomic E-state index is 10.9. The summed E-state index contributed by atoms with van der Waals surface area (Å²) in [6.45, 7) is 0.177. The highest BCUT2D eigenvalue weighted by Gasteiger charge is 2.49. The number of aromatic amines is 1. The fraction of sp³-hybridized carbons (Fsp3) is 0.600. The number of H-pyrrole nitrogens is 1. The fourth-order valence-electron chi connectivity index (χ4n) is 0.957. The Morgan fingerprint density at radius 1 is 2.00 bits per heavy atom. The lowest BCUT2D eigenvalue weighted by atomic mass is 9.98. The molecule has 2 radical (unpaired) electrons. The van der Waals surface area contributed by atoms with Crippen molar-refractivity contribution >= 4 is 7.85 Å². The van der Waals surface area contributed by atoms with Gasteiger partial charge < -0.3 is 10.5 Å². The molecule has 0 bridgehead atoms. The third kappa shape index (κ3) is 1.07. The van der Waals surface area contributed by atoms with E-state index in [1.807, 2.05) is 0 Å². The summed E-state index contributed by atoms with van der Waals surface area (Å²) in [5.41, 5.74) is 4.35. The third-order valence-electron chi connectivity index (χ3n) is 1.79. The lowest BCUT2D eigenvalue weighted by Gasteiger charge is -2.03. The van der Waals surface area contributed by atoms with Crippen LogP contribution >= 0.6 is 0 Å². The Labute approximate surface area is 69.1 Å². The zero-order valence-corrected chi connectivity index (χ0v) is 6.23. The molecule has 1 aromatic rings. The van der Waals surface area contributed by atoms with Gasteiger partial charge in [-0.3, -0.25) is 4.98 Å². The Balaban J connectivity index is 2.15. The molecule has 1 aliphatic rings. The van der Waals surface area contributed by atoms with Gasteiger partial charge in [-0.05, 0) is 0 Å². The Morgan fingerprint density at radius 2 is 2.67 bits per heavy atom. The molecule has 1 fully saturated rings. The van der Waals surface area contributed by atoms with Gasteiger partial charge in [-0.2, -0.15) is 5.10 Å². The van der Waals surface area contributed by atoms with E-state index in [4.69, 9.17) is 18.3 Å². The second kappa shape index (κ2) is 2.21. The van der Waals surface area contributed by atoms with Gasteiger partial charge in [-0.25, -0.2) is 9.48 Å². The second-order valence-corrected chi connectivity index (χ2v) is 2.75. The first-order chi connectivity index (χ1) is 5.62. The minimum Gasteiger partial charge on any atom is -0.359 e. The summed E-state index contributed by atoms with van der Waals surface area (Å²) >= 11 is 0. The molecule has 7 heteroatoms. The van der Waals surface area contributed by atoms with Crippen molar-refractivity contribution in [3.8, 4) is 0 Å². The van der Waals surface area contributed by atoms with Gasteiger partial charge in [0, 0.05) is 0 Å². The summed E-state index contributed by atoms with van der Waals surface area (Å²) in [5.74, 6) is 0. The molecule has 0 aliphatic carbocycles. The van der Waals surface area contributed by atoms with Crippen LogP contribution in [-0.2, 0) is 11.3 Å². The minimum atomic E-state index is -0.918. The third-order valence-corrected chi connectivity index (χ3v) is 1.79. The normalized spacial score (nSPS) is 33.6. The molecule has 1 saturated heterocycles. The van der Waals surface area contributed by atoms with Gasteiger partial charge in [-0.1, -0.05) is 0 Å². The van der Waals surface area contributed by atoms with E-state index in [0.717, 1.165) is 0 Å². The monoisotopic (exact) mass is 166 g/mol. The maximum Gasteiger partial charge on any atom is 0.343 e. The van der Waals surface area contributed by atoms with Crippen LogP contribution < -0.4 is 11.4 Å². The van der Waals surface area contributed by atoms with Crippen LogP contribution in [-0.4, -0.2) is 34.3 Å². The number of aromatic nitrogens is 3. The van der Waals surface area contributed by atoms with Gasteiger partial charge in [0.2, 0.25) is 0 Å². The highest BCUT2D eigenvalue weighted by molar-refractivity contribution is 6.13. The standard InChI is InChI=1S/C5H7BN4O2/c6-3-5(7,12-3)1-10-4(11)8-2-9-10/h2-3H,1,7H2,(H,8,9,11). The van der Waals surface area contributed by atoms with E-state index in [9.17, 15) is 4.79 Å². The van der Waals surface area contributed by atoms with Crippen molar-refractivity contribution < 1.29 is 4.74 Å². The Bertz CT molecular complexity index is 347. The van der Waals surface area contributed by atoms with E-state index in [-0.39, 0.29) is 12.2 Å². The number of nitrogens with two attached hydrogens (primary N) is 1. The molecule has 1 aromatic heterocycles. The van der Waals surface area contributed by atoms with Crippen LogP contribution in [0.1, 0.15) is 0 Å². The van der Waals surface area contributed by atoms with Crippen LogP contribution in [0.3, 0.4) is 0 Å². The van der Waals surface area contributed by atoms with E-state index >= 15 is 0 Å². The average molecular weight is 166 g/mol. The van der Waals surface area contributed by atoms with Crippen LogP contribution in [0.25, 0.3) is 0 Å². The Morgan fingerprint density at radius 3 is 3.08 bits per heavy atom. The van der Waals surface area contributed by atoms with Gasteiger partial charge in [0.25, 0.3) is 0 Å². The summed E-state index contributed by atoms with van der Waals surface area (Å²) in [6, 6.07) is -0.499. The molecule has 12 heavy (non-hydrogen) atoms. The summed E-state index contributed by atoms with van der Waals surface area (Å²) in [4.78, 5) is 13.3. The van der Waals surface area contributed by atoms with Crippen molar-refractivity contribution in [2.45, 2.75) is 18.3 Å². The Hall–Kier alpha value is -1.08. The first-order valence-electron chi connectivity index (χ1n) is 3.44. The van der Waals surface area contributed by atoms with Gasteiger partial charge in [0.15, 0.2) is 5.72 Å². The molecule has 1 aliphatic heterocycles. The first-order valence-corrected chi connectivity index (χ1v) is 3.44. The second-order valence-electron chi connectivity index (χ2n) is 2.75. The molecular formula is C5H7BN4O2. The van der Waals surface area contributed by atoms with Crippen molar-refractivity contribution in [1.29, 1.82) is 0 Å². The zero-order valence-electron chi connectivity index (χ0n) is 6.23. The van der Waals surface area contributed by atoms with Crippen molar-refractivity contribution in [3.63, 3.8) is 0 Å². The molecule has 62 valence electrons. The molecular weight excluding hydrogens is 159 g/mol. The molecule has 0 amide bonds. The van der Waals surface area contributed by atoms with Gasteiger partial charge in [0.05, 0.1) is 12.5 Å². The summed E-state index contributed by atoms with van der Waals surface area (Å²) in [6.07, 6.45) is 1.29. The molecule has 0 spiro atoms. The Kier molecular flexibility index (Phi) is 1.39. The molecule has 2 rings (SSSR count). The molecule has 0 aromatic carbocycles. The van der Waals surface area contributed by atoms with Crippen LogP contribution in [0.15, 0.2) is 11.1 Å². The number of nitrogens with one attached hydrogen (secondary N) is 1. The van der Waals surface area contributed by atoms with E-state index in [1.165, 1.54) is 11.0 Å². The number of rotatable bonds is 2. The van der Waals surface area contributed by atoms with Crippen LogP contribution in [0.2, 0.25) is 0 Å². The lowest BCUT2D eigenvalue weighted by Crippen LogP contribution is -2.37. The summed E-state index contributed by atoms with van der Waals surface area (Å²) in [5, 5.41) is 3.71. The SMILES string of the molecule is [B]C1OC1(N)Cn1nc[nH]c1=O. The van der Waals surface area contributed by atoms with Crippen molar-refractivity contribution in [2.24, 2.45) is 5.73 Å². The summed E-state index contributed by atoms with van der Waals surface area (Å²) in [7, 11) is 5.37. The van der Waals surface area contributed by atoms with Gasteiger partial charge in [0.1, 0.15) is 14.2 Å². The molecule has 2 heterocycles. The topological polar surface area (TPSA) is 89.2 Å². The van der Waals surface area contributed by atoms with Gasteiger partial charge >= 0.3 is 5.69 Å². The zero-order chi connectivity index (χ0) is 8.77. The fourth-order valence-corrected chi connectivity index (χ4v) is 0.957. The first kappa shape index (κ1) is 7.57. The van der Waals surface area contributed by atoms with Crippen LogP contribution in [0.5, 0.6) is 0 Å². The largest absolute Gasteiger partial charge is 0.359 e. The van der Waals surface area contributed by atoms with E-state index in [2.05, 4.69) is 10.1 Å². The lowest BCUT2D eigenvalue weighted by molar-refractivity contribution is 0.268. The predicted octanol–water partition coefficient (Wildman–Crippen LogP) is -2.25. The number of epoxide rings is 1. The highest BCUT2D eigenvalue weighted by atomic mass is 16.6. The number of ether oxygens (including phenoxy) is 1.